The zero-order chi connectivity index (χ0) is 18.3. The molecule has 0 N–H and O–H groups in total. The SMILES string of the molecule is C[C@]12CCCCC1=CC[C@@H]1[C@@H]2CC[C@@]2(C)[C@H]1CC13OCCOC12OCCO3. The van der Waals surface area contributed by atoms with E-state index in [2.05, 4.69) is 19.9 Å². The molecule has 0 aromatic rings. The van der Waals surface area contributed by atoms with Crippen LogP contribution in [-0.2, 0) is 18.9 Å². The fourth-order valence-corrected chi connectivity index (χ4v) is 8.39. The maximum Gasteiger partial charge on any atom is 0.229 e. The smallest absolute Gasteiger partial charge is 0.229 e. The highest BCUT2D eigenvalue weighted by molar-refractivity contribution is 5.26. The molecule has 0 spiro atoms. The van der Waals surface area contributed by atoms with Gasteiger partial charge in [0.15, 0.2) is 0 Å². The van der Waals surface area contributed by atoms with Crippen LogP contribution in [0.4, 0.5) is 0 Å². The summed E-state index contributed by atoms with van der Waals surface area (Å²) in [4.78, 5) is 0. The van der Waals surface area contributed by atoms with Crippen molar-refractivity contribution in [1.29, 1.82) is 0 Å². The van der Waals surface area contributed by atoms with Crippen LogP contribution in [0.15, 0.2) is 11.6 Å². The van der Waals surface area contributed by atoms with Gasteiger partial charge in [-0.3, -0.25) is 0 Å². The summed E-state index contributed by atoms with van der Waals surface area (Å²) in [5.74, 6) is 0.654. The first-order valence-corrected chi connectivity index (χ1v) is 11.3. The molecule has 2 saturated heterocycles. The second-order valence-electron chi connectivity index (χ2n) is 10.4. The Balaban J connectivity index is 1.43. The predicted octanol–water partition coefficient (Wildman–Crippen LogP) is 4.44. The van der Waals surface area contributed by atoms with E-state index in [9.17, 15) is 0 Å². The highest BCUT2D eigenvalue weighted by atomic mass is 16.8. The molecule has 6 aliphatic rings. The molecule has 2 aliphatic heterocycles. The third-order valence-electron chi connectivity index (χ3n) is 9.60. The summed E-state index contributed by atoms with van der Waals surface area (Å²) in [5.41, 5.74) is 2.16. The maximum absolute atomic E-state index is 6.48. The third kappa shape index (κ3) is 1.94. The maximum atomic E-state index is 6.48. The molecular formula is C23H34O4. The second kappa shape index (κ2) is 5.59. The lowest BCUT2D eigenvalue weighted by molar-refractivity contribution is -0.474. The second-order valence-corrected chi connectivity index (χ2v) is 10.4. The summed E-state index contributed by atoms with van der Waals surface area (Å²) < 4.78 is 25.7. The van der Waals surface area contributed by atoms with E-state index in [1.165, 1.54) is 38.5 Å². The topological polar surface area (TPSA) is 36.9 Å². The van der Waals surface area contributed by atoms with Gasteiger partial charge in [0.1, 0.15) is 0 Å². The summed E-state index contributed by atoms with van der Waals surface area (Å²) in [6.45, 7) is 7.45. The molecule has 0 unspecified atom stereocenters. The lowest BCUT2D eigenvalue weighted by atomic mass is 9.48. The fraction of sp³-hybridized carbons (Fsp3) is 0.913. The Labute approximate surface area is 162 Å². The van der Waals surface area contributed by atoms with Crippen LogP contribution in [0.1, 0.15) is 65.2 Å². The molecule has 4 aliphatic carbocycles. The number of rotatable bonds is 0. The van der Waals surface area contributed by atoms with Crippen molar-refractivity contribution in [1.82, 2.24) is 0 Å². The van der Waals surface area contributed by atoms with E-state index in [4.69, 9.17) is 18.9 Å². The van der Waals surface area contributed by atoms with Crippen LogP contribution >= 0.6 is 0 Å². The molecule has 150 valence electrons. The van der Waals surface area contributed by atoms with Gasteiger partial charge >= 0.3 is 0 Å². The van der Waals surface area contributed by atoms with Crippen LogP contribution in [-0.4, -0.2) is 38.0 Å². The van der Waals surface area contributed by atoms with Crippen LogP contribution in [0, 0.1) is 28.6 Å². The lowest BCUT2D eigenvalue weighted by Crippen LogP contribution is -2.69. The number of allylic oxidation sites excluding steroid dienone is 2. The average molecular weight is 375 g/mol. The first kappa shape index (κ1) is 17.4. The van der Waals surface area contributed by atoms with E-state index >= 15 is 0 Å². The number of ether oxygens (including phenoxy) is 4. The Bertz CT molecular complexity index is 659. The zero-order valence-corrected chi connectivity index (χ0v) is 16.9. The fourth-order valence-electron chi connectivity index (χ4n) is 8.39. The van der Waals surface area contributed by atoms with E-state index in [0.29, 0.717) is 43.7 Å². The molecule has 4 heteroatoms. The quantitative estimate of drug-likeness (QED) is 0.588. The van der Waals surface area contributed by atoms with Gasteiger partial charge in [0, 0.05) is 11.8 Å². The highest BCUT2D eigenvalue weighted by Crippen LogP contribution is 2.72. The summed E-state index contributed by atoms with van der Waals surface area (Å²) in [7, 11) is 0. The summed E-state index contributed by atoms with van der Waals surface area (Å²) in [6, 6.07) is 0. The van der Waals surface area contributed by atoms with Crippen molar-refractivity contribution in [2.75, 3.05) is 26.4 Å². The number of fused-ring (bicyclic) bond motifs is 5. The summed E-state index contributed by atoms with van der Waals surface area (Å²) >= 11 is 0. The van der Waals surface area contributed by atoms with Crippen LogP contribution in [0.3, 0.4) is 0 Å². The molecule has 0 bridgehead atoms. The molecule has 0 radical (unpaired) electrons. The molecular weight excluding hydrogens is 340 g/mol. The van der Waals surface area contributed by atoms with E-state index in [-0.39, 0.29) is 5.41 Å². The molecule has 2 heterocycles. The van der Waals surface area contributed by atoms with E-state index in [1.807, 2.05) is 0 Å². The Hall–Kier alpha value is -0.420. The average Bonchev–Trinajstić information content (AvgIpc) is 2.94. The van der Waals surface area contributed by atoms with Gasteiger partial charge in [-0.25, -0.2) is 0 Å². The number of hydrogen-bond acceptors (Lipinski definition) is 4. The van der Waals surface area contributed by atoms with Gasteiger partial charge in [0.25, 0.3) is 0 Å². The first-order chi connectivity index (χ1) is 13.0. The van der Waals surface area contributed by atoms with Crippen molar-refractivity contribution in [3.63, 3.8) is 0 Å². The Morgan fingerprint density at radius 2 is 1.63 bits per heavy atom. The van der Waals surface area contributed by atoms with Gasteiger partial charge in [0.2, 0.25) is 11.6 Å². The van der Waals surface area contributed by atoms with Crippen molar-refractivity contribution in [2.45, 2.75) is 76.8 Å². The van der Waals surface area contributed by atoms with Crippen LogP contribution in [0.25, 0.3) is 0 Å². The highest BCUT2D eigenvalue weighted by Gasteiger charge is 2.78. The van der Waals surface area contributed by atoms with E-state index in [1.54, 1.807) is 5.57 Å². The molecule has 4 nitrogen and oxygen atoms in total. The van der Waals surface area contributed by atoms with E-state index in [0.717, 1.165) is 18.8 Å². The molecule has 5 fully saturated rings. The van der Waals surface area contributed by atoms with Crippen molar-refractivity contribution in [3.8, 4) is 0 Å². The van der Waals surface area contributed by atoms with Crippen molar-refractivity contribution in [3.05, 3.63) is 11.6 Å². The first-order valence-electron chi connectivity index (χ1n) is 11.3. The lowest BCUT2D eigenvalue weighted by Gasteiger charge is -2.60. The van der Waals surface area contributed by atoms with Gasteiger partial charge in [0.05, 0.1) is 26.4 Å². The van der Waals surface area contributed by atoms with Crippen LogP contribution in [0.5, 0.6) is 0 Å². The van der Waals surface area contributed by atoms with Gasteiger partial charge < -0.3 is 18.9 Å². The van der Waals surface area contributed by atoms with Gasteiger partial charge in [-0.1, -0.05) is 31.9 Å². The summed E-state index contributed by atoms with van der Waals surface area (Å²) in [5, 5.41) is 0. The van der Waals surface area contributed by atoms with Crippen LogP contribution in [0.2, 0.25) is 0 Å². The molecule has 0 aromatic heterocycles. The normalized spacial score (nSPS) is 56.8. The number of hydrogen-bond donors (Lipinski definition) is 0. The third-order valence-corrected chi connectivity index (χ3v) is 9.60. The minimum atomic E-state index is -0.705. The molecule has 6 rings (SSSR count). The molecule has 5 atom stereocenters. The van der Waals surface area contributed by atoms with Gasteiger partial charge in [-0.2, -0.15) is 0 Å². The standard InChI is InChI=1S/C23H34O4/c1-20-9-4-3-5-16(20)6-7-17-18(20)8-10-21(2)19(17)15-22-23(21,26-13-11-24-22)27-14-12-25-22/h6,17-19H,3-5,7-15H2,1-2H3/t17-,18+,19+,20+,21+,22?,23?/m1/s1. The Morgan fingerprint density at radius 3 is 2.41 bits per heavy atom. The minimum Gasteiger partial charge on any atom is -0.343 e. The largest absolute Gasteiger partial charge is 0.343 e. The van der Waals surface area contributed by atoms with Crippen LogP contribution < -0.4 is 0 Å². The van der Waals surface area contributed by atoms with Crippen molar-refractivity contribution < 1.29 is 18.9 Å². The van der Waals surface area contributed by atoms with Gasteiger partial charge in [-0.15, -0.1) is 0 Å². The molecule has 3 saturated carbocycles. The molecule has 0 amide bonds. The van der Waals surface area contributed by atoms with E-state index < -0.39 is 11.6 Å². The predicted molar refractivity (Wildman–Crippen MR) is 101 cm³/mol. The monoisotopic (exact) mass is 374 g/mol. The van der Waals surface area contributed by atoms with Crippen molar-refractivity contribution >= 4 is 0 Å². The Morgan fingerprint density at radius 1 is 0.889 bits per heavy atom. The Kier molecular flexibility index (Phi) is 3.61. The molecule has 27 heavy (non-hydrogen) atoms. The summed E-state index contributed by atoms with van der Waals surface area (Å²) in [6.07, 6.45) is 12.7. The molecule has 0 aromatic carbocycles. The van der Waals surface area contributed by atoms with Gasteiger partial charge in [-0.05, 0) is 61.7 Å². The zero-order valence-electron chi connectivity index (χ0n) is 16.9. The van der Waals surface area contributed by atoms with Crippen molar-refractivity contribution in [2.24, 2.45) is 28.6 Å². The minimum absolute atomic E-state index is 0.0224.